The third-order valence-electron chi connectivity index (χ3n) is 9.74. The minimum Gasteiger partial charge on any atom is -0.348 e. The first-order valence-electron chi connectivity index (χ1n) is 17.9. The van der Waals surface area contributed by atoms with E-state index < -0.39 is 5.79 Å². The van der Waals surface area contributed by atoms with Crippen LogP contribution in [0.1, 0.15) is 147 Å². The van der Waals surface area contributed by atoms with Crippen LogP contribution in [0.3, 0.4) is 0 Å². The van der Waals surface area contributed by atoms with Gasteiger partial charge in [0.25, 0.3) is 0 Å². The molecule has 232 valence electrons. The average Bonchev–Trinajstić information content (AvgIpc) is 3.58. The Morgan fingerprint density at radius 2 is 0.857 bits per heavy atom. The molecule has 2 fully saturated rings. The van der Waals surface area contributed by atoms with E-state index in [1.165, 1.54) is 132 Å². The maximum atomic E-state index is 7.18. The van der Waals surface area contributed by atoms with E-state index in [0.29, 0.717) is 11.8 Å². The van der Waals surface area contributed by atoms with Crippen LogP contribution in [0.25, 0.3) is 0 Å². The molecule has 2 heteroatoms. The lowest BCUT2D eigenvalue weighted by molar-refractivity contribution is -0.207. The highest BCUT2D eigenvalue weighted by atomic mass is 16.7. The molecular formula is C40H60O2. The van der Waals surface area contributed by atoms with Crippen LogP contribution in [-0.4, -0.2) is 19.0 Å². The summed E-state index contributed by atoms with van der Waals surface area (Å²) in [6.07, 6.45) is 24.7. The van der Waals surface area contributed by atoms with Crippen LogP contribution < -0.4 is 0 Å². The number of hydrogen-bond acceptors (Lipinski definition) is 2. The summed E-state index contributed by atoms with van der Waals surface area (Å²) in [7, 11) is 0. The normalized spacial score (nSPS) is 20.3. The van der Waals surface area contributed by atoms with Gasteiger partial charge < -0.3 is 9.47 Å². The Bertz CT molecular complexity index is 863. The summed E-state index contributed by atoms with van der Waals surface area (Å²) in [5.74, 6) is 3.06. The molecule has 2 aromatic rings. The van der Waals surface area contributed by atoms with E-state index in [4.69, 9.17) is 9.47 Å². The number of rotatable bonds is 22. The Kier molecular flexibility index (Phi) is 15.0. The van der Waals surface area contributed by atoms with Crippen LogP contribution >= 0.6 is 0 Å². The molecule has 2 radical (unpaired) electrons. The first-order chi connectivity index (χ1) is 20.8. The van der Waals surface area contributed by atoms with Gasteiger partial charge in [-0.1, -0.05) is 171 Å². The zero-order valence-electron chi connectivity index (χ0n) is 27.1. The molecule has 2 unspecified atom stereocenters. The van der Waals surface area contributed by atoms with Gasteiger partial charge in [-0.15, -0.1) is 0 Å². The lowest BCUT2D eigenvalue weighted by Gasteiger charge is -2.41. The Morgan fingerprint density at radius 3 is 1.24 bits per heavy atom. The van der Waals surface area contributed by atoms with Crippen LogP contribution in [0, 0.1) is 23.7 Å². The van der Waals surface area contributed by atoms with E-state index in [1.54, 1.807) is 0 Å². The molecule has 2 aromatic carbocycles. The fourth-order valence-corrected chi connectivity index (χ4v) is 7.58. The van der Waals surface area contributed by atoms with Gasteiger partial charge in [-0.05, 0) is 48.6 Å². The number of ether oxygens (including phenoxy) is 2. The van der Waals surface area contributed by atoms with Crippen LogP contribution in [0.4, 0.5) is 0 Å². The maximum Gasteiger partial charge on any atom is 0.190 e. The predicted molar refractivity (Wildman–Crippen MR) is 178 cm³/mol. The van der Waals surface area contributed by atoms with Gasteiger partial charge in [0, 0.05) is 0 Å². The standard InChI is InChI=1S/C40H60O2/c1-3-5-7-9-11-13-15-23-32-41-40(42-33-24-16-14-12-10-8-6-4-2)38(34-26-19-17-20-27-34)36-30-25-31-37(36)39(40)35-28-21-18-22-29-35/h17-22,26-29,36-37H,3-16,23-25,30-33H2,1-2H3. The van der Waals surface area contributed by atoms with E-state index in [-0.39, 0.29) is 0 Å². The highest BCUT2D eigenvalue weighted by Gasteiger charge is 2.65. The molecule has 0 bridgehead atoms. The summed E-state index contributed by atoms with van der Waals surface area (Å²) in [6, 6.07) is 22.2. The van der Waals surface area contributed by atoms with E-state index in [1.807, 2.05) is 0 Å². The molecule has 4 rings (SSSR count). The molecular weight excluding hydrogens is 512 g/mol. The smallest absolute Gasteiger partial charge is 0.190 e. The Morgan fingerprint density at radius 1 is 0.500 bits per heavy atom. The highest BCUT2D eigenvalue weighted by molar-refractivity contribution is 5.53. The van der Waals surface area contributed by atoms with Gasteiger partial charge in [0.15, 0.2) is 5.79 Å². The second-order valence-corrected chi connectivity index (χ2v) is 13.0. The minimum absolute atomic E-state index is 0.500. The van der Waals surface area contributed by atoms with Crippen molar-refractivity contribution in [2.24, 2.45) is 11.8 Å². The monoisotopic (exact) mass is 572 g/mol. The molecule has 2 nitrogen and oxygen atoms in total. The molecule has 2 atom stereocenters. The molecule has 0 amide bonds. The van der Waals surface area contributed by atoms with Crippen molar-refractivity contribution in [3.05, 3.63) is 83.6 Å². The van der Waals surface area contributed by atoms with Crippen LogP contribution in [0.5, 0.6) is 0 Å². The summed E-state index contributed by atoms with van der Waals surface area (Å²) in [4.78, 5) is 0. The molecule has 42 heavy (non-hydrogen) atoms. The third kappa shape index (κ3) is 9.18. The highest BCUT2D eigenvalue weighted by Crippen LogP contribution is 2.64. The van der Waals surface area contributed by atoms with E-state index in [2.05, 4.69) is 74.5 Å². The molecule has 2 aliphatic carbocycles. The Balaban J connectivity index is 1.49. The first-order valence-corrected chi connectivity index (χ1v) is 17.9. The molecule has 0 N–H and O–H groups in total. The van der Waals surface area contributed by atoms with Crippen molar-refractivity contribution in [1.29, 1.82) is 0 Å². The lowest BCUT2D eigenvalue weighted by Crippen LogP contribution is -2.46. The molecule has 0 aliphatic heterocycles. The van der Waals surface area contributed by atoms with Crippen molar-refractivity contribution >= 4 is 0 Å². The number of hydrogen-bond donors (Lipinski definition) is 0. The average molecular weight is 573 g/mol. The van der Waals surface area contributed by atoms with Crippen molar-refractivity contribution < 1.29 is 9.47 Å². The van der Waals surface area contributed by atoms with Gasteiger partial charge in [0.2, 0.25) is 0 Å². The van der Waals surface area contributed by atoms with E-state index >= 15 is 0 Å². The van der Waals surface area contributed by atoms with Gasteiger partial charge in [-0.2, -0.15) is 0 Å². The fourth-order valence-electron chi connectivity index (χ4n) is 7.58. The van der Waals surface area contributed by atoms with Crippen molar-refractivity contribution in [3.8, 4) is 0 Å². The molecule has 0 spiro atoms. The summed E-state index contributed by atoms with van der Waals surface area (Å²) in [6.45, 7) is 6.11. The summed E-state index contributed by atoms with van der Waals surface area (Å²) >= 11 is 0. The fraction of sp³-hybridized carbons (Fsp3) is 0.650. The number of fused-ring (bicyclic) bond motifs is 1. The zero-order chi connectivity index (χ0) is 29.3. The van der Waals surface area contributed by atoms with Crippen molar-refractivity contribution in [1.82, 2.24) is 0 Å². The Labute approximate surface area is 259 Å². The van der Waals surface area contributed by atoms with Crippen molar-refractivity contribution in [2.45, 2.75) is 142 Å². The largest absolute Gasteiger partial charge is 0.348 e. The summed E-state index contributed by atoms with van der Waals surface area (Å²) in [5.41, 5.74) is 2.62. The van der Waals surface area contributed by atoms with E-state index in [0.717, 1.165) is 26.1 Å². The number of benzene rings is 2. The first kappa shape index (κ1) is 33.3. The number of unbranched alkanes of at least 4 members (excludes halogenated alkanes) is 14. The Hall–Kier alpha value is -1.64. The SMILES string of the molecule is CCCCCCCCCCOC1(OCCCCCCCCCC)[C](c2ccccc2)C2CCCC2[C]1c1ccccc1. The second-order valence-electron chi connectivity index (χ2n) is 13.0. The van der Waals surface area contributed by atoms with Gasteiger partial charge in [0.1, 0.15) is 0 Å². The van der Waals surface area contributed by atoms with Crippen LogP contribution in [0.15, 0.2) is 60.7 Å². The van der Waals surface area contributed by atoms with Gasteiger partial charge >= 0.3 is 0 Å². The third-order valence-corrected chi connectivity index (χ3v) is 9.74. The van der Waals surface area contributed by atoms with Crippen molar-refractivity contribution in [2.75, 3.05) is 13.2 Å². The summed E-state index contributed by atoms with van der Waals surface area (Å²) < 4.78 is 14.4. The second kappa shape index (κ2) is 18.9. The van der Waals surface area contributed by atoms with Gasteiger partial charge in [-0.3, -0.25) is 0 Å². The quantitative estimate of drug-likeness (QED) is 0.103. The van der Waals surface area contributed by atoms with Crippen LogP contribution in [-0.2, 0) is 9.47 Å². The van der Waals surface area contributed by atoms with Crippen molar-refractivity contribution in [3.63, 3.8) is 0 Å². The van der Waals surface area contributed by atoms with Crippen LogP contribution in [0.2, 0.25) is 0 Å². The topological polar surface area (TPSA) is 18.5 Å². The lowest BCUT2D eigenvalue weighted by atomic mass is 9.82. The zero-order valence-corrected chi connectivity index (χ0v) is 27.1. The maximum absolute atomic E-state index is 7.18. The van der Waals surface area contributed by atoms with Gasteiger partial charge in [0.05, 0.1) is 25.0 Å². The molecule has 2 aliphatic rings. The summed E-state index contributed by atoms with van der Waals surface area (Å²) in [5, 5.41) is 0. The molecule has 2 saturated carbocycles. The minimum atomic E-state index is -0.749. The molecule has 0 saturated heterocycles. The predicted octanol–water partition coefficient (Wildman–Crippen LogP) is 11.7. The van der Waals surface area contributed by atoms with Gasteiger partial charge in [-0.25, -0.2) is 0 Å². The molecule has 0 aromatic heterocycles. The van der Waals surface area contributed by atoms with E-state index in [9.17, 15) is 0 Å². The molecule has 0 heterocycles.